The summed E-state index contributed by atoms with van der Waals surface area (Å²) in [7, 11) is 0. The molecule has 0 unspecified atom stereocenters. The van der Waals surface area contributed by atoms with Crippen LogP contribution >= 0.6 is 0 Å². The van der Waals surface area contributed by atoms with E-state index in [2.05, 4.69) is 15.5 Å². The van der Waals surface area contributed by atoms with Gasteiger partial charge in [-0.05, 0) is 36.8 Å². The first-order valence-corrected chi connectivity index (χ1v) is 5.77. The lowest BCUT2D eigenvalue weighted by Gasteiger charge is -2.03. The molecule has 96 valence electrons. The van der Waals surface area contributed by atoms with Crippen LogP contribution in [0.4, 0.5) is 5.69 Å². The van der Waals surface area contributed by atoms with Crippen molar-refractivity contribution < 1.29 is 4.79 Å². The van der Waals surface area contributed by atoms with E-state index in [1.54, 1.807) is 36.7 Å². The molecule has 0 aliphatic carbocycles. The summed E-state index contributed by atoms with van der Waals surface area (Å²) in [6.07, 6.45) is 3.12. The van der Waals surface area contributed by atoms with Crippen LogP contribution in [0, 0.1) is 0 Å². The van der Waals surface area contributed by atoms with E-state index in [-0.39, 0.29) is 5.91 Å². The van der Waals surface area contributed by atoms with Crippen LogP contribution in [0.15, 0.2) is 53.9 Å². The molecule has 0 atom stereocenters. The molecule has 1 heterocycles. The van der Waals surface area contributed by atoms with E-state index in [9.17, 15) is 4.79 Å². The predicted molar refractivity (Wildman–Crippen MR) is 74.8 cm³/mol. The minimum absolute atomic E-state index is 0.273. The molecule has 0 bridgehead atoms. The lowest BCUT2D eigenvalue weighted by Crippen LogP contribution is -2.19. The average Bonchev–Trinajstić information content (AvgIpc) is 2.45. The van der Waals surface area contributed by atoms with Crippen LogP contribution in [0.1, 0.15) is 22.8 Å². The van der Waals surface area contributed by atoms with Crippen LogP contribution < -0.4 is 11.2 Å². The zero-order chi connectivity index (χ0) is 13.7. The second-order valence-corrected chi connectivity index (χ2v) is 4.00. The van der Waals surface area contributed by atoms with Crippen molar-refractivity contribution >= 4 is 17.3 Å². The fourth-order valence-electron chi connectivity index (χ4n) is 1.53. The summed E-state index contributed by atoms with van der Waals surface area (Å²) in [5.41, 5.74) is 10.9. The van der Waals surface area contributed by atoms with E-state index in [1.807, 2.05) is 19.1 Å². The van der Waals surface area contributed by atoms with Crippen molar-refractivity contribution in [2.45, 2.75) is 6.92 Å². The van der Waals surface area contributed by atoms with Crippen molar-refractivity contribution in [3.63, 3.8) is 0 Å². The summed E-state index contributed by atoms with van der Waals surface area (Å²) in [6, 6.07) is 10.6. The van der Waals surface area contributed by atoms with Gasteiger partial charge in [-0.2, -0.15) is 5.10 Å². The molecular formula is C14H14N4O. The van der Waals surface area contributed by atoms with Gasteiger partial charge in [-0.25, -0.2) is 5.43 Å². The van der Waals surface area contributed by atoms with E-state index in [4.69, 9.17) is 5.73 Å². The van der Waals surface area contributed by atoms with Crippen LogP contribution in [0.25, 0.3) is 0 Å². The van der Waals surface area contributed by atoms with Crippen molar-refractivity contribution in [1.29, 1.82) is 0 Å². The molecule has 0 radical (unpaired) electrons. The Morgan fingerprint density at radius 1 is 1.21 bits per heavy atom. The number of hydrazone groups is 1. The molecule has 1 aromatic carbocycles. The first kappa shape index (κ1) is 12.8. The molecule has 3 N–H and O–H groups in total. The number of nitrogens with zero attached hydrogens (tertiary/aromatic N) is 2. The summed E-state index contributed by atoms with van der Waals surface area (Å²) in [4.78, 5) is 15.6. The Morgan fingerprint density at radius 2 is 1.95 bits per heavy atom. The van der Waals surface area contributed by atoms with E-state index < -0.39 is 0 Å². The first-order chi connectivity index (χ1) is 9.16. The Hall–Kier alpha value is -2.69. The van der Waals surface area contributed by atoms with Gasteiger partial charge in [0.2, 0.25) is 0 Å². The fraction of sp³-hybridized carbons (Fsp3) is 0.0714. The molecule has 0 saturated carbocycles. The number of anilines is 1. The van der Waals surface area contributed by atoms with Gasteiger partial charge < -0.3 is 5.73 Å². The Bertz CT molecular complexity index is 608. The lowest BCUT2D eigenvalue weighted by atomic mass is 10.1. The molecule has 0 fully saturated rings. The third kappa shape index (κ3) is 3.38. The number of pyridine rings is 1. The first-order valence-electron chi connectivity index (χ1n) is 5.77. The highest BCUT2D eigenvalue weighted by Gasteiger charge is 2.04. The number of hydrogen-bond donors (Lipinski definition) is 2. The number of nitrogens with two attached hydrogens (primary N) is 1. The van der Waals surface area contributed by atoms with E-state index in [0.717, 1.165) is 5.56 Å². The second kappa shape index (κ2) is 5.77. The molecular weight excluding hydrogens is 240 g/mol. The van der Waals surface area contributed by atoms with Crippen molar-refractivity contribution in [2.24, 2.45) is 5.10 Å². The summed E-state index contributed by atoms with van der Waals surface area (Å²) in [5, 5.41) is 4.05. The fourth-order valence-corrected chi connectivity index (χ4v) is 1.53. The largest absolute Gasteiger partial charge is 0.399 e. The van der Waals surface area contributed by atoms with Gasteiger partial charge in [0, 0.05) is 23.6 Å². The van der Waals surface area contributed by atoms with E-state index in [0.29, 0.717) is 17.0 Å². The number of nitrogen functional groups attached to an aromatic ring is 1. The van der Waals surface area contributed by atoms with Gasteiger partial charge in [0.25, 0.3) is 5.91 Å². The Morgan fingerprint density at radius 3 is 2.63 bits per heavy atom. The normalized spacial score (nSPS) is 11.1. The van der Waals surface area contributed by atoms with Crippen molar-refractivity contribution in [3.8, 4) is 0 Å². The molecule has 5 heteroatoms. The van der Waals surface area contributed by atoms with Crippen molar-refractivity contribution in [2.75, 3.05) is 5.73 Å². The molecule has 0 aliphatic rings. The van der Waals surface area contributed by atoms with Gasteiger partial charge in [-0.1, -0.05) is 12.1 Å². The minimum Gasteiger partial charge on any atom is -0.399 e. The standard InChI is InChI=1S/C14H14N4O/c1-10(12-3-2-4-13(15)9-12)17-18-14(19)11-5-7-16-8-6-11/h2-9H,15H2,1H3,(H,18,19)/b17-10+. The molecule has 0 aliphatic heterocycles. The van der Waals surface area contributed by atoms with Gasteiger partial charge in [0.1, 0.15) is 0 Å². The van der Waals surface area contributed by atoms with Crippen LogP contribution in [-0.4, -0.2) is 16.6 Å². The highest BCUT2D eigenvalue weighted by Crippen LogP contribution is 2.07. The Labute approximate surface area is 111 Å². The van der Waals surface area contributed by atoms with Crippen LogP contribution in [0.2, 0.25) is 0 Å². The van der Waals surface area contributed by atoms with E-state index in [1.165, 1.54) is 0 Å². The van der Waals surface area contributed by atoms with Gasteiger partial charge in [-0.15, -0.1) is 0 Å². The second-order valence-electron chi connectivity index (χ2n) is 4.00. The maximum atomic E-state index is 11.8. The van der Waals surface area contributed by atoms with Crippen LogP contribution in [0.5, 0.6) is 0 Å². The summed E-state index contributed by atoms with van der Waals surface area (Å²) in [6.45, 7) is 1.81. The molecule has 5 nitrogen and oxygen atoms in total. The molecule has 0 saturated heterocycles. The van der Waals surface area contributed by atoms with Gasteiger partial charge in [0.05, 0.1) is 5.71 Å². The number of benzene rings is 1. The average molecular weight is 254 g/mol. The molecule has 0 spiro atoms. The Balaban J connectivity index is 2.09. The maximum absolute atomic E-state index is 11.8. The molecule has 2 aromatic rings. The number of nitrogens with one attached hydrogen (secondary N) is 1. The third-order valence-electron chi connectivity index (χ3n) is 2.57. The predicted octanol–water partition coefficient (Wildman–Crippen LogP) is 1.82. The number of rotatable bonds is 3. The van der Waals surface area contributed by atoms with Crippen LogP contribution in [0.3, 0.4) is 0 Å². The molecule has 1 aromatic heterocycles. The van der Waals surface area contributed by atoms with Crippen molar-refractivity contribution in [1.82, 2.24) is 10.4 Å². The summed E-state index contributed by atoms with van der Waals surface area (Å²) in [5.74, 6) is -0.273. The monoisotopic (exact) mass is 254 g/mol. The lowest BCUT2D eigenvalue weighted by molar-refractivity contribution is 0.0954. The highest BCUT2D eigenvalue weighted by molar-refractivity contribution is 6.01. The Kier molecular flexibility index (Phi) is 3.87. The zero-order valence-corrected chi connectivity index (χ0v) is 10.5. The highest BCUT2D eigenvalue weighted by atomic mass is 16.2. The van der Waals surface area contributed by atoms with Gasteiger partial charge >= 0.3 is 0 Å². The molecule has 2 rings (SSSR count). The van der Waals surface area contributed by atoms with E-state index >= 15 is 0 Å². The number of carbonyl (C=O) groups is 1. The summed E-state index contributed by atoms with van der Waals surface area (Å²) < 4.78 is 0. The SMILES string of the molecule is C/C(=N\NC(=O)c1ccncc1)c1cccc(N)c1. The minimum atomic E-state index is -0.273. The number of aromatic nitrogens is 1. The topological polar surface area (TPSA) is 80.4 Å². The maximum Gasteiger partial charge on any atom is 0.271 e. The zero-order valence-electron chi connectivity index (χ0n) is 10.5. The number of hydrogen-bond acceptors (Lipinski definition) is 4. The van der Waals surface area contributed by atoms with Gasteiger partial charge in [-0.3, -0.25) is 9.78 Å². The molecule has 1 amide bonds. The number of amides is 1. The quantitative estimate of drug-likeness (QED) is 0.498. The smallest absolute Gasteiger partial charge is 0.271 e. The number of carbonyl (C=O) groups excluding carboxylic acids is 1. The summed E-state index contributed by atoms with van der Waals surface area (Å²) >= 11 is 0. The third-order valence-corrected chi connectivity index (χ3v) is 2.57. The molecule has 19 heavy (non-hydrogen) atoms. The van der Waals surface area contributed by atoms with Gasteiger partial charge in [0.15, 0.2) is 0 Å². The van der Waals surface area contributed by atoms with Crippen LogP contribution in [-0.2, 0) is 0 Å². The van der Waals surface area contributed by atoms with Crippen molar-refractivity contribution in [3.05, 3.63) is 59.9 Å².